The van der Waals surface area contributed by atoms with Gasteiger partial charge >= 0.3 is 5.97 Å². The fourth-order valence-electron chi connectivity index (χ4n) is 2.76. The summed E-state index contributed by atoms with van der Waals surface area (Å²) in [4.78, 5) is 24.6. The van der Waals surface area contributed by atoms with Gasteiger partial charge in [0, 0.05) is 5.56 Å². The Hall–Kier alpha value is -3.98. The third-order valence-corrected chi connectivity index (χ3v) is 4.21. The predicted octanol–water partition coefficient (Wildman–Crippen LogP) is 3.59. The molecule has 0 bridgehead atoms. The predicted molar refractivity (Wildman–Crippen MR) is 106 cm³/mol. The van der Waals surface area contributed by atoms with E-state index in [0.717, 1.165) is 21.4 Å². The van der Waals surface area contributed by atoms with E-state index >= 15 is 0 Å². The zero-order chi connectivity index (χ0) is 20.3. The second-order valence-corrected chi connectivity index (χ2v) is 6.35. The Morgan fingerprint density at radius 2 is 1.82 bits per heavy atom. The molecule has 0 aliphatic heterocycles. The fourth-order valence-corrected chi connectivity index (χ4v) is 2.76. The van der Waals surface area contributed by atoms with Crippen molar-refractivity contribution >= 4 is 18.1 Å². The largest absolute Gasteiger partial charge is 0.476 e. The van der Waals surface area contributed by atoms with Crippen LogP contribution in [0.4, 0.5) is 0 Å². The number of carbonyl (C=O) groups is 1. The molecule has 0 spiro atoms. The van der Waals surface area contributed by atoms with Crippen LogP contribution in [-0.4, -0.2) is 20.9 Å². The van der Waals surface area contributed by atoms with Crippen LogP contribution >= 0.6 is 0 Å². The summed E-state index contributed by atoms with van der Waals surface area (Å²) < 4.78 is 0.957. The Morgan fingerprint density at radius 3 is 2.43 bits per heavy atom. The summed E-state index contributed by atoms with van der Waals surface area (Å²) in [6, 6.07) is 16.3. The number of carboxylic acids is 1. The molecule has 0 aliphatic carbocycles. The number of carboxylic acid groups (broad SMARTS) is 1. The van der Waals surface area contributed by atoms with Crippen LogP contribution in [-0.2, 0) is 0 Å². The summed E-state index contributed by atoms with van der Waals surface area (Å²) in [5.74, 6) is -1.32. The Bertz CT molecular complexity index is 1180. The molecule has 6 heteroatoms. The second-order valence-electron chi connectivity index (χ2n) is 6.35. The van der Waals surface area contributed by atoms with Crippen molar-refractivity contribution in [2.75, 3.05) is 0 Å². The third kappa shape index (κ3) is 3.74. The molecule has 0 atom stereocenters. The second kappa shape index (κ2) is 7.72. The highest BCUT2D eigenvalue weighted by atomic mass is 16.4. The molecule has 0 saturated heterocycles. The molecule has 0 fully saturated rings. The van der Waals surface area contributed by atoms with E-state index in [-0.39, 0.29) is 16.8 Å². The maximum absolute atomic E-state index is 12.8. The minimum atomic E-state index is -1.32. The molecule has 28 heavy (non-hydrogen) atoms. The molecule has 0 amide bonds. The van der Waals surface area contributed by atoms with Crippen LogP contribution in [0.5, 0.6) is 0 Å². The van der Waals surface area contributed by atoms with Gasteiger partial charge in [-0.3, -0.25) is 4.79 Å². The van der Waals surface area contributed by atoms with Crippen LogP contribution in [0.15, 0.2) is 53.3 Å². The number of nitrogens with zero attached hydrogens (tertiary/aromatic N) is 3. The van der Waals surface area contributed by atoms with Gasteiger partial charge in [0.2, 0.25) is 0 Å². The molecule has 6 nitrogen and oxygen atoms in total. The standard InChI is InChI=1S/C22H17N3O3/c1-14-6-8-16(9-7-14)10-11-18-19(13-23)21(26)25(24-20(18)22(27)28)17-5-3-4-15(2)12-17/h3-12H,1-2H3,(H,27,28)/b11-10-. The summed E-state index contributed by atoms with van der Waals surface area (Å²) >= 11 is 0. The molecule has 2 aromatic carbocycles. The Labute approximate surface area is 161 Å². The Balaban J connectivity index is 2.21. The highest BCUT2D eigenvalue weighted by Crippen LogP contribution is 2.16. The highest BCUT2D eigenvalue weighted by Gasteiger charge is 2.21. The summed E-state index contributed by atoms with van der Waals surface area (Å²) in [7, 11) is 0. The van der Waals surface area contributed by atoms with Crippen molar-refractivity contribution in [3.63, 3.8) is 0 Å². The number of aromatic nitrogens is 2. The number of rotatable bonds is 4. The van der Waals surface area contributed by atoms with E-state index in [4.69, 9.17) is 0 Å². The van der Waals surface area contributed by atoms with Gasteiger partial charge in [-0.2, -0.15) is 15.0 Å². The van der Waals surface area contributed by atoms with Gasteiger partial charge in [-0.1, -0.05) is 54.1 Å². The quantitative estimate of drug-likeness (QED) is 0.756. The molecule has 0 saturated carbocycles. The lowest BCUT2D eigenvalue weighted by atomic mass is 10.1. The van der Waals surface area contributed by atoms with E-state index in [1.54, 1.807) is 24.3 Å². The van der Waals surface area contributed by atoms with Crippen LogP contribution in [0.3, 0.4) is 0 Å². The van der Waals surface area contributed by atoms with Gasteiger partial charge in [-0.15, -0.1) is 0 Å². The summed E-state index contributed by atoms with van der Waals surface area (Å²) in [5.41, 5.74) is 1.88. The minimum Gasteiger partial charge on any atom is -0.476 e. The number of benzene rings is 2. The molecule has 0 unspecified atom stereocenters. The van der Waals surface area contributed by atoms with Gasteiger partial charge in [-0.25, -0.2) is 4.79 Å². The average molecular weight is 371 g/mol. The van der Waals surface area contributed by atoms with Crippen molar-refractivity contribution in [1.29, 1.82) is 5.26 Å². The van der Waals surface area contributed by atoms with E-state index in [9.17, 15) is 20.0 Å². The summed E-state index contributed by atoms with van der Waals surface area (Å²) in [6.45, 7) is 3.80. The van der Waals surface area contributed by atoms with Crippen molar-refractivity contribution in [2.45, 2.75) is 13.8 Å². The number of nitriles is 1. The zero-order valence-electron chi connectivity index (χ0n) is 15.4. The first-order valence-corrected chi connectivity index (χ1v) is 8.53. The monoisotopic (exact) mass is 371 g/mol. The first-order valence-electron chi connectivity index (χ1n) is 8.53. The fraction of sp³-hybridized carbons (Fsp3) is 0.0909. The maximum atomic E-state index is 12.8. The van der Waals surface area contributed by atoms with Gasteiger partial charge in [-0.05, 0) is 37.1 Å². The Kier molecular flexibility index (Phi) is 5.18. The number of aromatic carboxylic acids is 1. The van der Waals surface area contributed by atoms with E-state index in [0.29, 0.717) is 5.69 Å². The lowest BCUT2D eigenvalue weighted by Crippen LogP contribution is -2.28. The SMILES string of the molecule is Cc1ccc(/C=C\c2c(C(=O)O)nn(-c3cccc(C)c3)c(=O)c2C#N)cc1. The highest BCUT2D eigenvalue weighted by molar-refractivity contribution is 5.92. The number of hydrogen-bond acceptors (Lipinski definition) is 4. The Morgan fingerprint density at radius 1 is 1.11 bits per heavy atom. The van der Waals surface area contributed by atoms with Crippen LogP contribution in [0, 0.1) is 25.2 Å². The molecule has 0 radical (unpaired) electrons. The van der Waals surface area contributed by atoms with Crippen molar-refractivity contribution in [2.24, 2.45) is 0 Å². The first kappa shape index (κ1) is 18.8. The number of aryl methyl sites for hydroxylation is 2. The van der Waals surface area contributed by atoms with E-state index in [1.165, 1.54) is 6.08 Å². The number of hydrogen-bond donors (Lipinski definition) is 1. The van der Waals surface area contributed by atoms with Crippen molar-refractivity contribution < 1.29 is 9.90 Å². The van der Waals surface area contributed by atoms with Crippen LogP contribution < -0.4 is 5.56 Å². The molecule has 1 N–H and O–H groups in total. The van der Waals surface area contributed by atoms with Gasteiger partial charge in [0.25, 0.3) is 5.56 Å². The van der Waals surface area contributed by atoms with Crippen LogP contribution in [0.2, 0.25) is 0 Å². The average Bonchev–Trinajstić information content (AvgIpc) is 2.67. The smallest absolute Gasteiger partial charge is 0.357 e. The van der Waals surface area contributed by atoms with Gasteiger partial charge in [0.05, 0.1) is 5.69 Å². The summed E-state index contributed by atoms with van der Waals surface area (Å²) in [6.07, 6.45) is 3.10. The molecule has 3 rings (SSSR count). The maximum Gasteiger partial charge on any atom is 0.357 e. The van der Waals surface area contributed by atoms with Crippen LogP contribution in [0.1, 0.15) is 38.3 Å². The zero-order valence-corrected chi connectivity index (χ0v) is 15.4. The third-order valence-electron chi connectivity index (χ3n) is 4.21. The summed E-state index contributed by atoms with van der Waals surface area (Å²) in [5, 5.41) is 23.2. The lowest BCUT2D eigenvalue weighted by Gasteiger charge is -2.10. The topological polar surface area (TPSA) is 96.0 Å². The van der Waals surface area contributed by atoms with Gasteiger partial charge < -0.3 is 5.11 Å². The van der Waals surface area contributed by atoms with E-state index < -0.39 is 11.5 Å². The molecule has 1 heterocycles. The molecule has 0 aliphatic rings. The van der Waals surface area contributed by atoms with Crippen molar-refractivity contribution in [1.82, 2.24) is 9.78 Å². The first-order chi connectivity index (χ1) is 13.4. The lowest BCUT2D eigenvalue weighted by molar-refractivity contribution is 0.0688. The molecule has 3 aromatic rings. The van der Waals surface area contributed by atoms with Gasteiger partial charge in [0.15, 0.2) is 5.69 Å². The minimum absolute atomic E-state index is 0.00974. The van der Waals surface area contributed by atoms with Crippen molar-refractivity contribution in [3.05, 3.63) is 92.4 Å². The van der Waals surface area contributed by atoms with Gasteiger partial charge in [0.1, 0.15) is 11.6 Å². The molecule has 1 aromatic heterocycles. The van der Waals surface area contributed by atoms with Crippen molar-refractivity contribution in [3.8, 4) is 11.8 Å². The van der Waals surface area contributed by atoms with E-state index in [2.05, 4.69) is 5.10 Å². The molecular weight excluding hydrogens is 354 g/mol. The normalized spacial score (nSPS) is 10.8. The van der Waals surface area contributed by atoms with Crippen LogP contribution in [0.25, 0.3) is 17.8 Å². The molecule has 138 valence electrons. The molecular formula is C22H17N3O3. The van der Waals surface area contributed by atoms with E-state index in [1.807, 2.05) is 50.2 Å².